The standard InChI is InChI=1S/C35H30BNO3/c1-34(2)35(3,4)40-36(39-34)27-20-25(24-13-10-18-37-22-24)19-26(21-27)29-15-9-17-31-30-16-8-14-28(32(30)38-33(29)31)23-11-6-5-7-12-23/h5-22H,1-4H3. The van der Waals surface area contributed by atoms with E-state index in [1.807, 2.05) is 18.3 Å². The van der Waals surface area contributed by atoms with Gasteiger partial charge in [-0.1, -0.05) is 84.9 Å². The van der Waals surface area contributed by atoms with Crippen LogP contribution in [0.4, 0.5) is 0 Å². The van der Waals surface area contributed by atoms with Gasteiger partial charge in [0.25, 0.3) is 0 Å². The summed E-state index contributed by atoms with van der Waals surface area (Å²) in [5, 5.41) is 2.20. The Labute approximate surface area is 234 Å². The minimum Gasteiger partial charge on any atom is -0.455 e. The number of benzene rings is 4. The Morgan fingerprint density at radius 3 is 1.80 bits per heavy atom. The summed E-state index contributed by atoms with van der Waals surface area (Å²) in [7, 11) is -0.486. The van der Waals surface area contributed by atoms with Crippen molar-refractivity contribution >= 4 is 34.5 Å². The highest BCUT2D eigenvalue weighted by Gasteiger charge is 2.51. The van der Waals surface area contributed by atoms with Gasteiger partial charge < -0.3 is 13.7 Å². The van der Waals surface area contributed by atoms with Crippen LogP contribution < -0.4 is 5.46 Å². The fraction of sp³-hybridized carbons (Fsp3) is 0.171. The molecule has 0 aliphatic carbocycles. The Kier molecular flexibility index (Phi) is 5.70. The Balaban J connectivity index is 1.44. The molecule has 40 heavy (non-hydrogen) atoms. The van der Waals surface area contributed by atoms with Gasteiger partial charge in [0.15, 0.2) is 0 Å². The second-order valence-electron chi connectivity index (χ2n) is 11.5. The van der Waals surface area contributed by atoms with E-state index < -0.39 is 18.3 Å². The van der Waals surface area contributed by atoms with E-state index in [1.165, 1.54) is 0 Å². The molecule has 196 valence electrons. The van der Waals surface area contributed by atoms with Gasteiger partial charge >= 0.3 is 7.12 Å². The molecule has 0 bridgehead atoms. The average Bonchev–Trinajstić information content (AvgIpc) is 3.46. The third-order valence-electron chi connectivity index (χ3n) is 8.40. The lowest BCUT2D eigenvalue weighted by Gasteiger charge is -2.32. The van der Waals surface area contributed by atoms with Crippen molar-refractivity contribution in [3.05, 3.63) is 109 Å². The highest BCUT2D eigenvalue weighted by Crippen LogP contribution is 2.41. The number of aromatic nitrogens is 1. The molecule has 1 aliphatic heterocycles. The predicted molar refractivity (Wildman–Crippen MR) is 164 cm³/mol. The topological polar surface area (TPSA) is 44.5 Å². The second kappa shape index (κ2) is 9.19. The largest absolute Gasteiger partial charge is 0.494 e. The van der Waals surface area contributed by atoms with Crippen molar-refractivity contribution < 1.29 is 13.7 Å². The number of pyridine rings is 1. The third kappa shape index (κ3) is 4.05. The van der Waals surface area contributed by atoms with Crippen LogP contribution in [0.5, 0.6) is 0 Å². The number of rotatable bonds is 4. The van der Waals surface area contributed by atoms with Gasteiger partial charge in [-0.15, -0.1) is 0 Å². The van der Waals surface area contributed by atoms with Gasteiger partial charge in [-0.3, -0.25) is 4.98 Å². The van der Waals surface area contributed by atoms with Gasteiger partial charge in [0.1, 0.15) is 11.2 Å². The fourth-order valence-corrected chi connectivity index (χ4v) is 5.52. The minimum absolute atomic E-state index is 0.436. The van der Waals surface area contributed by atoms with Crippen LogP contribution in [0.2, 0.25) is 0 Å². The minimum atomic E-state index is -0.486. The lowest BCUT2D eigenvalue weighted by molar-refractivity contribution is 0.00578. The van der Waals surface area contributed by atoms with E-state index in [0.29, 0.717) is 0 Å². The summed E-state index contributed by atoms with van der Waals surface area (Å²) in [5.41, 5.74) is 8.22. The van der Waals surface area contributed by atoms with Crippen molar-refractivity contribution in [2.75, 3.05) is 0 Å². The van der Waals surface area contributed by atoms with Crippen LogP contribution in [0, 0.1) is 0 Å². The zero-order valence-electron chi connectivity index (χ0n) is 23.1. The molecular weight excluding hydrogens is 493 g/mol. The van der Waals surface area contributed by atoms with E-state index in [-0.39, 0.29) is 0 Å². The van der Waals surface area contributed by atoms with Crippen LogP contribution in [0.15, 0.2) is 114 Å². The maximum atomic E-state index is 6.73. The molecule has 6 aromatic rings. The molecule has 0 saturated carbocycles. The normalized spacial score (nSPS) is 16.1. The van der Waals surface area contributed by atoms with Crippen molar-refractivity contribution in [3.8, 4) is 33.4 Å². The number of nitrogens with zero attached hydrogens (tertiary/aromatic N) is 1. The summed E-state index contributed by atoms with van der Waals surface area (Å²) in [6.07, 6.45) is 3.68. The Morgan fingerprint density at radius 1 is 0.575 bits per heavy atom. The van der Waals surface area contributed by atoms with E-state index in [0.717, 1.165) is 60.8 Å². The van der Waals surface area contributed by atoms with Crippen LogP contribution in [0.25, 0.3) is 55.3 Å². The molecule has 5 heteroatoms. The van der Waals surface area contributed by atoms with E-state index in [1.54, 1.807) is 6.20 Å². The Bertz CT molecular complexity index is 1840. The summed E-state index contributed by atoms with van der Waals surface area (Å²) in [6.45, 7) is 8.33. The molecule has 4 aromatic carbocycles. The molecule has 1 fully saturated rings. The SMILES string of the molecule is CC1(C)OB(c2cc(-c3cccnc3)cc(-c3cccc4c3oc3c(-c5ccccc5)cccc34)c2)OC1(C)C. The highest BCUT2D eigenvalue weighted by atomic mass is 16.7. The van der Waals surface area contributed by atoms with Gasteiger partial charge in [-0.05, 0) is 67.5 Å². The van der Waals surface area contributed by atoms with Gasteiger partial charge in [0, 0.05) is 34.3 Å². The maximum absolute atomic E-state index is 6.73. The van der Waals surface area contributed by atoms with E-state index in [2.05, 4.69) is 118 Å². The molecule has 0 spiro atoms. The van der Waals surface area contributed by atoms with Crippen LogP contribution >= 0.6 is 0 Å². The van der Waals surface area contributed by atoms with Crippen LogP contribution in [-0.2, 0) is 9.31 Å². The second-order valence-corrected chi connectivity index (χ2v) is 11.5. The molecule has 7 rings (SSSR count). The zero-order valence-corrected chi connectivity index (χ0v) is 23.1. The van der Waals surface area contributed by atoms with E-state index in [4.69, 9.17) is 13.7 Å². The molecule has 3 heterocycles. The molecule has 1 aliphatic rings. The number of hydrogen-bond donors (Lipinski definition) is 0. The molecular formula is C35H30BNO3. The van der Waals surface area contributed by atoms with Crippen molar-refractivity contribution in [2.24, 2.45) is 0 Å². The number of furan rings is 1. The van der Waals surface area contributed by atoms with Gasteiger partial charge in [-0.2, -0.15) is 0 Å². The van der Waals surface area contributed by atoms with Crippen LogP contribution in [0.3, 0.4) is 0 Å². The molecule has 0 radical (unpaired) electrons. The molecule has 2 aromatic heterocycles. The number of hydrogen-bond acceptors (Lipinski definition) is 4. The Morgan fingerprint density at radius 2 is 1.18 bits per heavy atom. The van der Waals surface area contributed by atoms with Crippen molar-refractivity contribution in [1.82, 2.24) is 4.98 Å². The average molecular weight is 523 g/mol. The summed E-state index contributed by atoms with van der Waals surface area (Å²) in [4.78, 5) is 4.37. The molecule has 0 atom stereocenters. The van der Waals surface area contributed by atoms with Crippen LogP contribution in [-0.4, -0.2) is 23.3 Å². The van der Waals surface area contributed by atoms with Gasteiger partial charge in [0.05, 0.1) is 11.2 Å². The molecule has 0 unspecified atom stereocenters. The zero-order chi connectivity index (χ0) is 27.5. The first-order valence-electron chi connectivity index (χ1n) is 13.7. The monoisotopic (exact) mass is 523 g/mol. The first kappa shape index (κ1) is 24.8. The fourth-order valence-electron chi connectivity index (χ4n) is 5.52. The summed E-state index contributed by atoms with van der Waals surface area (Å²) in [5.74, 6) is 0. The number of para-hydroxylation sites is 2. The van der Waals surface area contributed by atoms with Gasteiger partial charge in [-0.25, -0.2) is 0 Å². The van der Waals surface area contributed by atoms with Crippen molar-refractivity contribution in [3.63, 3.8) is 0 Å². The smallest absolute Gasteiger partial charge is 0.455 e. The Hall–Kier alpha value is -4.19. The lowest BCUT2D eigenvalue weighted by Crippen LogP contribution is -2.41. The van der Waals surface area contributed by atoms with Crippen molar-refractivity contribution in [2.45, 2.75) is 38.9 Å². The van der Waals surface area contributed by atoms with Crippen LogP contribution in [0.1, 0.15) is 27.7 Å². The summed E-state index contributed by atoms with van der Waals surface area (Å²) < 4.78 is 19.7. The van der Waals surface area contributed by atoms with E-state index in [9.17, 15) is 0 Å². The first-order valence-corrected chi connectivity index (χ1v) is 13.7. The van der Waals surface area contributed by atoms with Gasteiger partial charge in [0.2, 0.25) is 0 Å². The highest BCUT2D eigenvalue weighted by molar-refractivity contribution is 6.62. The molecule has 0 N–H and O–H groups in total. The summed E-state index contributed by atoms with van der Waals surface area (Å²) in [6, 6.07) is 33.7. The number of fused-ring (bicyclic) bond motifs is 3. The molecule has 4 nitrogen and oxygen atoms in total. The first-order chi connectivity index (χ1) is 19.3. The lowest BCUT2D eigenvalue weighted by atomic mass is 9.76. The molecule has 0 amide bonds. The van der Waals surface area contributed by atoms with E-state index >= 15 is 0 Å². The summed E-state index contributed by atoms with van der Waals surface area (Å²) >= 11 is 0. The third-order valence-corrected chi connectivity index (χ3v) is 8.40. The maximum Gasteiger partial charge on any atom is 0.494 e. The van der Waals surface area contributed by atoms with Crippen molar-refractivity contribution in [1.29, 1.82) is 0 Å². The molecule has 1 saturated heterocycles. The predicted octanol–water partition coefficient (Wildman–Crippen LogP) is 8.28. The quantitative estimate of drug-likeness (QED) is 0.218.